The van der Waals surface area contributed by atoms with Gasteiger partial charge in [0.2, 0.25) is 0 Å². The highest BCUT2D eigenvalue weighted by Gasteiger charge is 2.31. The Labute approximate surface area is 190 Å². The third kappa shape index (κ3) is 3.64. The monoisotopic (exact) mass is 465 g/mol. The van der Waals surface area contributed by atoms with Crippen molar-refractivity contribution in [3.63, 3.8) is 0 Å². The van der Waals surface area contributed by atoms with Crippen LogP contribution in [0.15, 0.2) is 70.4 Å². The van der Waals surface area contributed by atoms with E-state index in [2.05, 4.69) is 11.1 Å². The summed E-state index contributed by atoms with van der Waals surface area (Å²) in [5.41, 5.74) is 9.95. The molecule has 8 heteroatoms. The van der Waals surface area contributed by atoms with Gasteiger partial charge in [0.25, 0.3) is 15.9 Å². The first-order valence-corrected chi connectivity index (χ1v) is 12.8. The summed E-state index contributed by atoms with van der Waals surface area (Å²) in [6.07, 6.45) is 3.39. The molecule has 5 rings (SSSR count). The van der Waals surface area contributed by atoms with Crippen molar-refractivity contribution in [2.45, 2.75) is 23.0 Å². The zero-order valence-electron chi connectivity index (χ0n) is 17.3. The van der Waals surface area contributed by atoms with E-state index in [1.165, 1.54) is 11.3 Å². The lowest BCUT2D eigenvalue weighted by Crippen LogP contribution is -2.37. The number of carbonyl (C=O) groups is 1. The number of nitrogens with zero attached hydrogens (tertiary/aromatic N) is 1. The molecule has 6 nitrogen and oxygen atoms in total. The number of thiophene rings is 1. The summed E-state index contributed by atoms with van der Waals surface area (Å²) < 4.78 is 27.7. The quantitative estimate of drug-likeness (QED) is 0.452. The van der Waals surface area contributed by atoms with E-state index in [-0.39, 0.29) is 5.92 Å². The van der Waals surface area contributed by atoms with E-state index in [4.69, 9.17) is 5.73 Å². The molecule has 0 unspecified atom stereocenters. The van der Waals surface area contributed by atoms with Gasteiger partial charge in [-0.1, -0.05) is 36.4 Å². The number of nitrogens with one attached hydrogen (secondary N) is 1. The molecule has 1 aliphatic heterocycles. The molecule has 3 N–H and O–H groups in total. The lowest BCUT2D eigenvalue weighted by molar-refractivity contribution is 0.100. The molecule has 0 atom stereocenters. The lowest BCUT2D eigenvalue weighted by Gasteiger charge is -2.30. The number of carbonyl (C=O) groups excluding carboxylic acids is 1. The summed E-state index contributed by atoms with van der Waals surface area (Å²) in [6, 6.07) is 17.2. The second-order valence-corrected chi connectivity index (χ2v) is 11.1. The van der Waals surface area contributed by atoms with Gasteiger partial charge in [0.05, 0.1) is 11.1 Å². The molecule has 0 spiro atoms. The van der Waals surface area contributed by atoms with Crippen LogP contribution in [0.4, 0.5) is 0 Å². The van der Waals surface area contributed by atoms with Gasteiger partial charge in [-0.2, -0.15) is 4.31 Å². The number of amides is 1. The van der Waals surface area contributed by atoms with Gasteiger partial charge in [-0.15, -0.1) is 11.3 Å². The molecular weight excluding hydrogens is 442 g/mol. The molecule has 0 bridgehead atoms. The van der Waals surface area contributed by atoms with E-state index in [1.54, 1.807) is 21.8 Å². The number of fused-ring (bicyclic) bond motifs is 1. The number of rotatable bonds is 5. The summed E-state index contributed by atoms with van der Waals surface area (Å²) in [6.45, 7) is 0.942. The fourth-order valence-corrected chi connectivity index (χ4v) is 7.14. The Kier molecular flexibility index (Phi) is 5.36. The van der Waals surface area contributed by atoms with E-state index in [1.807, 2.05) is 42.6 Å². The maximum absolute atomic E-state index is 12.9. The molecule has 164 valence electrons. The minimum absolute atomic E-state index is 0.199. The predicted octanol–water partition coefficient (Wildman–Crippen LogP) is 4.56. The van der Waals surface area contributed by atoms with Crippen LogP contribution in [0.25, 0.3) is 22.0 Å². The van der Waals surface area contributed by atoms with Crippen molar-refractivity contribution >= 4 is 38.2 Å². The second-order valence-electron chi connectivity index (χ2n) is 8.03. The Morgan fingerprint density at radius 1 is 1.03 bits per heavy atom. The molecule has 2 aromatic heterocycles. The zero-order chi connectivity index (χ0) is 22.3. The predicted molar refractivity (Wildman–Crippen MR) is 127 cm³/mol. The first kappa shape index (κ1) is 20.9. The van der Waals surface area contributed by atoms with Gasteiger partial charge in [0.15, 0.2) is 0 Å². The van der Waals surface area contributed by atoms with Crippen LogP contribution in [-0.4, -0.2) is 36.7 Å². The third-order valence-electron chi connectivity index (χ3n) is 6.18. The standard InChI is InChI=1S/C24H23N3O3S2/c25-24(28)20-14-18(16-5-2-1-3-6-16)13-19-21(15-26-23(19)20)17-8-10-27(11-9-17)32(29,30)22-7-4-12-31-22/h1-7,12-15,17,26H,8-11H2,(H2,25,28). The maximum atomic E-state index is 12.9. The number of H-pyrrole nitrogens is 1. The highest BCUT2D eigenvalue weighted by molar-refractivity contribution is 7.91. The molecule has 1 amide bonds. The van der Waals surface area contributed by atoms with Crippen molar-refractivity contribution in [3.8, 4) is 11.1 Å². The highest BCUT2D eigenvalue weighted by atomic mass is 32.2. The smallest absolute Gasteiger partial charge is 0.252 e. The number of benzene rings is 2. The molecular formula is C24H23N3O3S2. The van der Waals surface area contributed by atoms with Gasteiger partial charge >= 0.3 is 0 Å². The number of piperidine rings is 1. The third-order valence-corrected chi connectivity index (χ3v) is 9.45. The topological polar surface area (TPSA) is 96.3 Å². The number of primary amides is 1. The Bertz CT molecular complexity index is 1370. The number of aromatic amines is 1. The number of hydrogen-bond acceptors (Lipinski definition) is 4. The molecule has 1 fully saturated rings. The second kappa shape index (κ2) is 8.20. The molecule has 32 heavy (non-hydrogen) atoms. The number of hydrogen-bond donors (Lipinski definition) is 2. The lowest BCUT2D eigenvalue weighted by atomic mass is 9.88. The summed E-state index contributed by atoms with van der Waals surface area (Å²) in [4.78, 5) is 15.4. The van der Waals surface area contributed by atoms with Gasteiger partial charge in [-0.25, -0.2) is 8.42 Å². The van der Waals surface area contributed by atoms with Crippen molar-refractivity contribution < 1.29 is 13.2 Å². The van der Waals surface area contributed by atoms with E-state index in [0.29, 0.717) is 22.9 Å². The average Bonchev–Trinajstić information content (AvgIpc) is 3.50. The van der Waals surface area contributed by atoms with Gasteiger partial charge in [0.1, 0.15) is 4.21 Å². The van der Waals surface area contributed by atoms with Gasteiger partial charge in [0, 0.05) is 24.7 Å². The van der Waals surface area contributed by atoms with Crippen LogP contribution in [0.2, 0.25) is 0 Å². The van der Waals surface area contributed by atoms with Crippen molar-refractivity contribution in [2.24, 2.45) is 5.73 Å². The minimum Gasteiger partial charge on any atom is -0.366 e. The fourth-order valence-electron chi connectivity index (χ4n) is 4.53. The molecule has 1 saturated heterocycles. The number of nitrogens with two attached hydrogens (primary N) is 1. The Hall–Kier alpha value is -2.94. The molecule has 3 heterocycles. The van der Waals surface area contributed by atoms with Crippen LogP contribution in [-0.2, 0) is 10.0 Å². The van der Waals surface area contributed by atoms with Crippen LogP contribution < -0.4 is 5.73 Å². The molecule has 4 aromatic rings. The van der Waals surface area contributed by atoms with Gasteiger partial charge in [-0.05, 0) is 59.0 Å². The molecule has 1 aliphatic rings. The Balaban J connectivity index is 1.48. The van der Waals surface area contributed by atoms with Crippen LogP contribution in [0, 0.1) is 0 Å². The summed E-state index contributed by atoms with van der Waals surface area (Å²) in [7, 11) is -3.43. The van der Waals surface area contributed by atoms with E-state index in [0.717, 1.165) is 40.4 Å². The molecule has 0 saturated carbocycles. The number of sulfonamides is 1. The van der Waals surface area contributed by atoms with Crippen molar-refractivity contribution in [1.82, 2.24) is 9.29 Å². The van der Waals surface area contributed by atoms with Gasteiger partial charge < -0.3 is 10.7 Å². The maximum Gasteiger partial charge on any atom is 0.252 e. The van der Waals surface area contributed by atoms with Crippen LogP contribution in [0.3, 0.4) is 0 Å². The largest absolute Gasteiger partial charge is 0.366 e. The average molecular weight is 466 g/mol. The molecule has 0 aliphatic carbocycles. The normalized spacial score (nSPS) is 15.9. The van der Waals surface area contributed by atoms with Crippen LogP contribution in [0.5, 0.6) is 0 Å². The fraction of sp³-hybridized carbons (Fsp3) is 0.208. The summed E-state index contributed by atoms with van der Waals surface area (Å²) in [5.74, 6) is -0.275. The van der Waals surface area contributed by atoms with Crippen LogP contribution in [0.1, 0.15) is 34.7 Å². The minimum atomic E-state index is -3.43. The highest BCUT2D eigenvalue weighted by Crippen LogP contribution is 2.38. The Morgan fingerprint density at radius 3 is 2.44 bits per heavy atom. The van der Waals surface area contributed by atoms with Crippen molar-refractivity contribution in [1.29, 1.82) is 0 Å². The van der Waals surface area contributed by atoms with Crippen molar-refractivity contribution in [2.75, 3.05) is 13.1 Å². The van der Waals surface area contributed by atoms with Gasteiger partial charge in [-0.3, -0.25) is 4.79 Å². The van der Waals surface area contributed by atoms with E-state index < -0.39 is 15.9 Å². The summed E-state index contributed by atoms with van der Waals surface area (Å²) in [5, 5.41) is 2.76. The van der Waals surface area contributed by atoms with Crippen molar-refractivity contribution in [3.05, 3.63) is 77.3 Å². The number of aromatic nitrogens is 1. The SMILES string of the molecule is NC(=O)c1cc(-c2ccccc2)cc2c(C3CCN(S(=O)(=O)c4cccs4)CC3)c[nH]c12. The van der Waals surface area contributed by atoms with E-state index >= 15 is 0 Å². The first-order chi connectivity index (χ1) is 15.4. The zero-order valence-corrected chi connectivity index (χ0v) is 19.0. The molecule has 2 aromatic carbocycles. The Morgan fingerprint density at radius 2 is 1.78 bits per heavy atom. The molecule has 0 radical (unpaired) electrons. The summed E-state index contributed by atoms with van der Waals surface area (Å²) >= 11 is 1.25. The van der Waals surface area contributed by atoms with E-state index in [9.17, 15) is 13.2 Å². The van der Waals surface area contributed by atoms with Crippen LogP contribution >= 0.6 is 11.3 Å². The first-order valence-electron chi connectivity index (χ1n) is 10.5.